The van der Waals surface area contributed by atoms with E-state index in [2.05, 4.69) is 30.1 Å². The summed E-state index contributed by atoms with van der Waals surface area (Å²) in [5, 5.41) is 4.01. The molecule has 0 radical (unpaired) electrons. The zero-order chi connectivity index (χ0) is 9.26. The molecular formula is C10H17ClN2O. The number of hydrogen-bond acceptors (Lipinski definition) is 3. The minimum absolute atomic E-state index is 0. The smallest absolute Gasteiger partial charge is 0.154 e. The Balaban J connectivity index is 0.000000980. The lowest BCUT2D eigenvalue weighted by atomic mass is 10.1. The number of likely N-dealkylation sites (tertiary alicyclic amines) is 1. The van der Waals surface area contributed by atoms with Crippen molar-refractivity contribution in [3.63, 3.8) is 0 Å². The minimum Gasteiger partial charge on any atom is -0.359 e. The number of hydrogen-bond donors (Lipinski definition) is 0. The highest BCUT2D eigenvalue weighted by molar-refractivity contribution is 5.85. The maximum absolute atomic E-state index is 5.32. The predicted octanol–water partition coefficient (Wildman–Crippen LogP) is 2.43. The van der Waals surface area contributed by atoms with Crippen molar-refractivity contribution >= 4 is 12.4 Å². The van der Waals surface area contributed by atoms with Gasteiger partial charge in [0.2, 0.25) is 0 Å². The highest BCUT2D eigenvalue weighted by atomic mass is 35.5. The molecule has 1 aliphatic heterocycles. The van der Waals surface area contributed by atoms with E-state index in [1.807, 2.05) is 0 Å². The van der Waals surface area contributed by atoms with Crippen molar-refractivity contribution in [2.45, 2.75) is 32.2 Å². The molecule has 0 saturated carbocycles. The Morgan fingerprint density at radius 3 is 2.93 bits per heavy atom. The Bertz CT molecular complexity index is 287. The van der Waals surface area contributed by atoms with Crippen molar-refractivity contribution in [1.29, 1.82) is 0 Å². The van der Waals surface area contributed by atoms with Crippen LogP contribution in [-0.4, -0.2) is 23.6 Å². The molecule has 1 fully saturated rings. The van der Waals surface area contributed by atoms with Gasteiger partial charge in [-0.3, -0.25) is 4.90 Å². The molecule has 0 bridgehead atoms. The van der Waals surface area contributed by atoms with Gasteiger partial charge in [0.1, 0.15) is 0 Å². The zero-order valence-electron chi connectivity index (χ0n) is 8.69. The number of aryl methyl sites for hydroxylation is 1. The fraction of sp³-hybridized carbons (Fsp3) is 0.700. The van der Waals surface area contributed by atoms with E-state index in [9.17, 15) is 0 Å². The Hall–Kier alpha value is -0.540. The quantitative estimate of drug-likeness (QED) is 0.761. The van der Waals surface area contributed by atoms with Gasteiger partial charge in [-0.15, -0.1) is 12.4 Å². The van der Waals surface area contributed by atoms with Gasteiger partial charge in [-0.05, 0) is 32.9 Å². The van der Waals surface area contributed by atoms with E-state index in [1.165, 1.54) is 19.4 Å². The van der Waals surface area contributed by atoms with Crippen LogP contribution in [0.2, 0.25) is 0 Å². The molecule has 1 aromatic rings. The maximum atomic E-state index is 5.32. The molecule has 4 heteroatoms. The van der Waals surface area contributed by atoms with Crippen LogP contribution in [0.5, 0.6) is 0 Å². The number of aromatic nitrogens is 1. The summed E-state index contributed by atoms with van der Waals surface area (Å²) < 4.78 is 5.32. The van der Waals surface area contributed by atoms with Crippen molar-refractivity contribution in [2.24, 2.45) is 0 Å². The monoisotopic (exact) mass is 216 g/mol. The first-order valence-electron chi connectivity index (χ1n) is 4.97. The fourth-order valence-electron chi connectivity index (χ4n) is 1.92. The lowest BCUT2D eigenvalue weighted by Crippen LogP contribution is -2.16. The molecule has 0 unspecified atom stereocenters. The van der Waals surface area contributed by atoms with E-state index in [4.69, 9.17) is 4.52 Å². The summed E-state index contributed by atoms with van der Waals surface area (Å²) in [6.07, 6.45) is 3.43. The molecule has 0 amide bonds. The molecule has 0 aromatic carbocycles. The van der Waals surface area contributed by atoms with E-state index in [-0.39, 0.29) is 12.4 Å². The molecule has 2 rings (SSSR count). The van der Waals surface area contributed by atoms with Crippen LogP contribution >= 0.6 is 12.4 Å². The molecule has 0 N–H and O–H groups in total. The van der Waals surface area contributed by atoms with Gasteiger partial charge in [-0.2, -0.15) is 0 Å². The van der Waals surface area contributed by atoms with Crippen LogP contribution in [-0.2, 0) is 6.42 Å². The summed E-state index contributed by atoms with van der Waals surface area (Å²) in [7, 11) is 2.14. The first kappa shape index (κ1) is 11.5. The van der Waals surface area contributed by atoms with E-state index < -0.39 is 0 Å². The largest absolute Gasteiger partial charge is 0.359 e. The highest BCUT2D eigenvalue weighted by Crippen LogP contribution is 2.30. The highest BCUT2D eigenvalue weighted by Gasteiger charge is 2.25. The van der Waals surface area contributed by atoms with E-state index >= 15 is 0 Å². The molecule has 2 heterocycles. The van der Waals surface area contributed by atoms with Crippen molar-refractivity contribution in [1.82, 2.24) is 10.1 Å². The molecule has 1 aromatic heterocycles. The van der Waals surface area contributed by atoms with Crippen molar-refractivity contribution in [3.8, 4) is 0 Å². The van der Waals surface area contributed by atoms with E-state index in [0.29, 0.717) is 6.04 Å². The summed E-state index contributed by atoms with van der Waals surface area (Å²) in [5.74, 6) is 1.04. The van der Waals surface area contributed by atoms with Gasteiger partial charge < -0.3 is 4.52 Å². The average molecular weight is 217 g/mol. The summed E-state index contributed by atoms with van der Waals surface area (Å²) in [6, 6.07) is 2.56. The van der Waals surface area contributed by atoms with Gasteiger partial charge in [0.25, 0.3) is 0 Å². The van der Waals surface area contributed by atoms with Gasteiger partial charge in [-0.1, -0.05) is 12.1 Å². The van der Waals surface area contributed by atoms with Crippen LogP contribution in [0.25, 0.3) is 0 Å². The Morgan fingerprint density at radius 2 is 2.43 bits per heavy atom. The van der Waals surface area contributed by atoms with Gasteiger partial charge in [-0.25, -0.2) is 0 Å². The predicted molar refractivity (Wildman–Crippen MR) is 57.7 cm³/mol. The van der Waals surface area contributed by atoms with Gasteiger partial charge in [0.15, 0.2) is 5.76 Å². The second-order valence-corrected chi connectivity index (χ2v) is 3.71. The number of nitrogens with zero attached hydrogens (tertiary/aromatic N) is 2. The second-order valence-electron chi connectivity index (χ2n) is 3.71. The zero-order valence-corrected chi connectivity index (χ0v) is 9.51. The fourth-order valence-corrected chi connectivity index (χ4v) is 1.92. The number of halogens is 1. The minimum atomic E-state index is 0. The summed E-state index contributed by atoms with van der Waals surface area (Å²) in [5.41, 5.74) is 1.07. The van der Waals surface area contributed by atoms with E-state index in [1.54, 1.807) is 0 Å². The molecule has 3 nitrogen and oxygen atoms in total. The second kappa shape index (κ2) is 4.80. The normalized spacial score (nSPS) is 22.3. The molecule has 0 spiro atoms. The molecule has 1 aliphatic rings. The SMILES string of the molecule is CCc1cc([C@@H]2CCCN2C)on1.Cl. The summed E-state index contributed by atoms with van der Waals surface area (Å²) in [4.78, 5) is 2.33. The molecule has 80 valence electrons. The third kappa shape index (κ3) is 2.10. The third-order valence-electron chi connectivity index (χ3n) is 2.79. The van der Waals surface area contributed by atoms with Crippen LogP contribution in [0.15, 0.2) is 10.6 Å². The maximum Gasteiger partial charge on any atom is 0.154 e. The summed E-state index contributed by atoms with van der Waals surface area (Å²) in [6.45, 7) is 3.27. The molecule has 0 aliphatic carbocycles. The first-order valence-corrected chi connectivity index (χ1v) is 4.97. The van der Waals surface area contributed by atoms with Crippen LogP contribution in [0.4, 0.5) is 0 Å². The van der Waals surface area contributed by atoms with Crippen LogP contribution in [0, 0.1) is 0 Å². The van der Waals surface area contributed by atoms with Crippen molar-refractivity contribution in [3.05, 3.63) is 17.5 Å². The summed E-state index contributed by atoms with van der Waals surface area (Å²) >= 11 is 0. The lowest BCUT2D eigenvalue weighted by Gasteiger charge is -2.15. The van der Waals surface area contributed by atoms with E-state index in [0.717, 1.165) is 17.9 Å². The standard InChI is InChI=1S/C10H16N2O.ClH/c1-3-8-7-10(13-11-8)9-5-4-6-12(9)2;/h7,9H,3-6H2,1-2H3;1H/t9-;/m0./s1. The molecule has 1 atom stereocenters. The van der Waals surface area contributed by atoms with Crippen molar-refractivity contribution in [2.75, 3.05) is 13.6 Å². The third-order valence-corrected chi connectivity index (χ3v) is 2.79. The van der Waals surface area contributed by atoms with Gasteiger partial charge in [0, 0.05) is 6.07 Å². The first-order chi connectivity index (χ1) is 6.31. The van der Waals surface area contributed by atoms with Crippen molar-refractivity contribution < 1.29 is 4.52 Å². The van der Waals surface area contributed by atoms with Crippen LogP contribution < -0.4 is 0 Å². The topological polar surface area (TPSA) is 29.3 Å². The molecule has 1 saturated heterocycles. The Labute approximate surface area is 90.9 Å². The van der Waals surface area contributed by atoms with Crippen LogP contribution in [0.3, 0.4) is 0 Å². The Kier molecular flexibility index (Phi) is 3.96. The lowest BCUT2D eigenvalue weighted by molar-refractivity contribution is 0.251. The number of rotatable bonds is 2. The Morgan fingerprint density at radius 1 is 1.64 bits per heavy atom. The molecule has 14 heavy (non-hydrogen) atoms. The average Bonchev–Trinajstić information content (AvgIpc) is 2.71. The van der Waals surface area contributed by atoms with Gasteiger partial charge >= 0.3 is 0 Å². The van der Waals surface area contributed by atoms with Gasteiger partial charge in [0.05, 0.1) is 11.7 Å². The molecular weight excluding hydrogens is 200 g/mol. The van der Waals surface area contributed by atoms with Crippen LogP contribution in [0.1, 0.15) is 37.3 Å².